The third-order valence-corrected chi connectivity index (χ3v) is 4.34. The van der Waals surface area contributed by atoms with Crippen molar-refractivity contribution in [3.8, 4) is 5.75 Å². The van der Waals surface area contributed by atoms with Gasteiger partial charge in [0.1, 0.15) is 5.75 Å². The van der Waals surface area contributed by atoms with Crippen LogP contribution in [0, 0.1) is 0 Å². The van der Waals surface area contributed by atoms with Crippen LogP contribution in [-0.4, -0.2) is 29.6 Å². The smallest absolute Gasteiger partial charge is 0.257 e. The summed E-state index contributed by atoms with van der Waals surface area (Å²) in [5.41, 5.74) is 1.18. The molecule has 0 saturated carbocycles. The summed E-state index contributed by atoms with van der Waals surface area (Å²) in [7, 11) is 1.55. The van der Waals surface area contributed by atoms with Crippen molar-refractivity contribution in [1.29, 1.82) is 0 Å². The molecule has 0 fully saturated rings. The van der Waals surface area contributed by atoms with E-state index in [0.717, 1.165) is 0 Å². The van der Waals surface area contributed by atoms with Crippen LogP contribution in [0.2, 0.25) is 0 Å². The van der Waals surface area contributed by atoms with E-state index >= 15 is 0 Å². The van der Waals surface area contributed by atoms with Crippen LogP contribution in [0.4, 0.5) is 5.69 Å². The minimum atomic E-state index is -0.359. The number of nitrogens with one attached hydrogen (secondary N) is 3. The first kappa shape index (κ1) is 21.8. The summed E-state index contributed by atoms with van der Waals surface area (Å²) in [6.07, 6.45) is 0. The molecule has 0 bridgehead atoms. The van der Waals surface area contributed by atoms with E-state index in [2.05, 4.69) is 31.9 Å². The highest BCUT2D eigenvalue weighted by Gasteiger charge is 2.16. The molecular weight excluding hydrogens is 442 g/mol. The van der Waals surface area contributed by atoms with Gasteiger partial charge < -0.3 is 15.4 Å². The fraction of sp³-hybridized carbons (Fsp3) is 0.250. The Morgan fingerprint density at radius 3 is 2.32 bits per heavy atom. The van der Waals surface area contributed by atoms with E-state index in [1.54, 1.807) is 49.6 Å². The zero-order valence-electron chi connectivity index (χ0n) is 16.1. The molecule has 0 spiro atoms. The molecule has 0 aliphatic rings. The number of hydrogen-bond acceptors (Lipinski definition) is 4. The van der Waals surface area contributed by atoms with Crippen molar-refractivity contribution < 1.29 is 14.3 Å². The van der Waals surface area contributed by atoms with E-state index < -0.39 is 0 Å². The molecule has 2 aromatic rings. The van der Waals surface area contributed by atoms with Crippen LogP contribution in [0.1, 0.15) is 41.5 Å². The lowest BCUT2D eigenvalue weighted by atomic mass is 10.1. The number of hydrogen-bond donors (Lipinski definition) is 3. The zero-order valence-corrected chi connectivity index (χ0v) is 18.5. The lowest BCUT2D eigenvalue weighted by Gasteiger charge is -2.20. The number of thiocarbonyl (C=S) groups is 1. The molecule has 0 radical (unpaired) electrons. The van der Waals surface area contributed by atoms with Crippen LogP contribution in [0.15, 0.2) is 46.9 Å². The van der Waals surface area contributed by atoms with Gasteiger partial charge >= 0.3 is 0 Å². The Morgan fingerprint density at radius 1 is 1.04 bits per heavy atom. The standard InChI is InChI=1S/C20H22BrN3O3S/c1-20(2,3)24-18(26)12-6-5-7-14(10-12)22-19(28)23-17(25)13-8-9-16(27-4)15(21)11-13/h5-11H,1-4H3,(H,24,26)(H2,22,23,25,28). The normalized spacial score (nSPS) is 10.8. The number of anilines is 1. The molecule has 148 valence electrons. The number of halogens is 1. The molecule has 0 unspecified atom stereocenters. The van der Waals surface area contributed by atoms with E-state index in [1.165, 1.54) is 0 Å². The molecule has 2 amide bonds. The van der Waals surface area contributed by atoms with E-state index in [0.29, 0.717) is 27.0 Å². The molecular formula is C20H22BrN3O3S. The van der Waals surface area contributed by atoms with Gasteiger partial charge in [0.05, 0.1) is 11.6 Å². The third kappa shape index (κ3) is 6.31. The molecule has 0 heterocycles. The molecule has 2 rings (SSSR count). The lowest BCUT2D eigenvalue weighted by Crippen LogP contribution is -2.40. The van der Waals surface area contributed by atoms with Crippen molar-refractivity contribution in [2.75, 3.05) is 12.4 Å². The van der Waals surface area contributed by atoms with Gasteiger partial charge in [-0.1, -0.05) is 6.07 Å². The molecule has 28 heavy (non-hydrogen) atoms. The van der Waals surface area contributed by atoms with Gasteiger partial charge in [-0.25, -0.2) is 0 Å². The van der Waals surface area contributed by atoms with Crippen LogP contribution < -0.4 is 20.7 Å². The molecule has 0 aliphatic carbocycles. The highest BCUT2D eigenvalue weighted by molar-refractivity contribution is 9.10. The van der Waals surface area contributed by atoms with Gasteiger partial charge in [-0.3, -0.25) is 14.9 Å². The van der Waals surface area contributed by atoms with Crippen molar-refractivity contribution in [3.05, 3.63) is 58.1 Å². The van der Waals surface area contributed by atoms with Crippen LogP contribution >= 0.6 is 28.1 Å². The average molecular weight is 464 g/mol. The van der Waals surface area contributed by atoms with Gasteiger partial charge in [0, 0.05) is 22.4 Å². The lowest BCUT2D eigenvalue weighted by molar-refractivity contribution is 0.0918. The van der Waals surface area contributed by atoms with E-state index in [1.807, 2.05) is 20.8 Å². The maximum absolute atomic E-state index is 12.4. The topological polar surface area (TPSA) is 79.5 Å². The number of carbonyl (C=O) groups excluding carboxylic acids is 2. The van der Waals surface area contributed by atoms with Gasteiger partial charge in [0.15, 0.2) is 5.11 Å². The predicted octanol–water partition coefficient (Wildman–Crippen LogP) is 4.11. The Bertz CT molecular complexity index is 910. The Hall–Kier alpha value is -2.45. The first-order valence-corrected chi connectivity index (χ1v) is 9.67. The molecule has 0 aliphatic heterocycles. The number of rotatable bonds is 4. The Labute approximate surface area is 178 Å². The van der Waals surface area contributed by atoms with Crippen molar-refractivity contribution in [2.24, 2.45) is 0 Å². The summed E-state index contributed by atoms with van der Waals surface area (Å²) >= 11 is 8.56. The van der Waals surface area contributed by atoms with Crippen LogP contribution in [0.3, 0.4) is 0 Å². The Morgan fingerprint density at radius 2 is 1.71 bits per heavy atom. The van der Waals surface area contributed by atoms with Crippen LogP contribution in [0.5, 0.6) is 5.75 Å². The minimum Gasteiger partial charge on any atom is -0.496 e. The number of amides is 2. The fourth-order valence-electron chi connectivity index (χ4n) is 2.30. The van der Waals surface area contributed by atoms with E-state index in [9.17, 15) is 9.59 Å². The molecule has 0 atom stereocenters. The Balaban J connectivity index is 2.03. The van der Waals surface area contributed by atoms with Crippen molar-refractivity contribution in [1.82, 2.24) is 10.6 Å². The van der Waals surface area contributed by atoms with Gasteiger partial charge in [0.25, 0.3) is 11.8 Å². The second-order valence-electron chi connectivity index (χ2n) is 7.04. The number of methoxy groups -OCH3 is 1. The van der Waals surface area contributed by atoms with Gasteiger partial charge in [-0.15, -0.1) is 0 Å². The fourth-order valence-corrected chi connectivity index (χ4v) is 3.05. The summed E-state index contributed by atoms with van der Waals surface area (Å²) in [6, 6.07) is 11.9. The first-order valence-electron chi connectivity index (χ1n) is 8.47. The van der Waals surface area contributed by atoms with Gasteiger partial charge in [0.2, 0.25) is 0 Å². The quantitative estimate of drug-likeness (QED) is 0.594. The summed E-state index contributed by atoms with van der Waals surface area (Å²) in [4.78, 5) is 24.7. The summed E-state index contributed by atoms with van der Waals surface area (Å²) in [5, 5.41) is 8.57. The van der Waals surface area contributed by atoms with E-state index in [4.69, 9.17) is 17.0 Å². The third-order valence-electron chi connectivity index (χ3n) is 3.51. The SMILES string of the molecule is COc1ccc(C(=O)NC(=S)Nc2cccc(C(=O)NC(C)(C)C)c2)cc1Br. The summed E-state index contributed by atoms with van der Waals surface area (Å²) in [6.45, 7) is 5.74. The monoisotopic (exact) mass is 463 g/mol. The van der Waals surface area contributed by atoms with Crippen LogP contribution in [0.25, 0.3) is 0 Å². The molecule has 8 heteroatoms. The number of ether oxygens (including phenoxy) is 1. The van der Waals surface area contributed by atoms with Crippen molar-refractivity contribution in [3.63, 3.8) is 0 Å². The average Bonchev–Trinajstić information content (AvgIpc) is 2.60. The van der Waals surface area contributed by atoms with E-state index in [-0.39, 0.29) is 22.5 Å². The van der Waals surface area contributed by atoms with Gasteiger partial charge in [-0.2, -0.15) is 0 Å². The summed E-state index contributed by atoms with van der Waals surface area (Å²) < 4.78 is 5.82. The number of carbonyl (C=O) groups is 2. The number of benzene rings is 2. The minimum absolute atomic E-state index is 0.130. The Kier molecular flexibility index (Phi) is 7.15. The predicted molar refractivity (Wildman–Crippen MR) is 118 cm³/mol. The molecule has 6 nitrogen and oxygen atoms in total. The second-order valence-corrected chi connectivity index (χ2v) is 8.31. The highest BCUT2D eigenvalue weighted by Crippen LogP contribution is 2.25. The molecule has 0 aromatic heterocycles. The highest BCUT2D eigenvalue weighted by atomic mass is 79.9. The second kappa shape index (κ2) is 9.16. The van der Waals surface area contributed by atoms with Crippen molar-refractivity contribution in [2.45, 2.75) is 26.3 Å². The zero-order chi connectivity index (χ0) is 20.9. The largest absolute Gasteiger partial charge is 0.496 e. The maximum Gasteiger partial charge on any atom is 0.257 e. The first-order chi connectivity index (χ1) is 13.1. The van der Waals surface area contributed by atoms with Crippen molar-refractivity contribution >= 4 is 50.8 Å². The maximum atomic E-state index is 12.4. The van der Waals surface area contributed by atoms with Gasteiger partial charge in [-0.05, 0) is 85.3 Å². The molecule has 0 saturated heterocycles. The van der Waals surface area contributed by atoms with Crippen LogP contribution in [-0.2, 0) is 0 Å². The molecule has 2 aromatic carbocycles. The molecule has 3 N–H and O–H groups in total. The summed E-state index contributed by atoms with van der Waals surface area (Å²) in [5.74, 6) is 0.0827.